The molecule has 8 nitrogen and oxygen atoms in total. The molecule has 0 atom stereocenters. The molecule has 1 saturated carbocycles. The number of anilines is 1. The zero-order valence-electron chi connectivity index (χ0n) is 15.4. The van der Waals surface area contributed by atoms with Gasteiger partial charge in [-0.15, -0.1) is 17.5 Å². The highest BCUT2D eigenvalue weighted by molar-refractivity contribution is 6.03. The van der Waals surface area contributed by atoms with E-state index in [1.54, 1.807) is 36.1 Å². The van der Waals surface area contributed by atoms with Crippen LogP contribution in [-0.4, -0.2) is 39.9 Å². The van der Waals surface area contributed by atoms with Crippen molar-refractivity contribution in [3.8, 4) is 0 Å². The van der Waals surface area contributed by atoms with Crippen molar-refractivity contribution >= 4 is 29.9 Å². The van der Waals surface area contributed by atoms with Gasteiger partial charge in [-0.25, -0.2) is 4.68 Å². The number of halogens is 1. The first-order valence-corrected chi connectivity index (χ1v) is 8.79. The molecule has 0 radical (unpaired) electrons. The lowest BCUT2D eigenvalue weighted by Gasteiger charge is -2.25. The summed E-state index contributed by atoms with van der Waals surface area (Å²) >= 11 is 0. The Bertz CT molecular complexity index is 814. The molecule has 1 aliphatic rings. The van der Waals surface area contributed by atoms with Crippen molar-refractivity contribution < 1.29 is 9.59 Å². The Balaban J connectivity index is 0.00000261. The molecular formula is C18H25ClN6O2. The molecule has 0 aliphatic heterocycles. The van der Waals surface area contributed by atoms with Gasteiger partial charge in [-0.3, -0.25) is 9.59 Å². The van der Waals surface area contributed by atoms with Gasteiger partial charge in [0.05, 0.1) is 12.2 Å². The molecule has 1 heterocycles. The van der Waals surface area contributed by atoms with Gasteiger partial charge in [0.2, 0.25) is 0 Å². The van der Waals surface area contributed by atoms with Crippen LogP contribution in [0.5, 0.6) is 0 Å². The number of nitrogens with two attached hydrogens (primary N) is 1. The number of benzene rings is 1. The van der Waals surface area contributed by atoms with E-state index in [1.165, 1.54) is 0 Å². The van der Waals surface area contributed by atoms with Gasteiger partial charge in [0.25, 0.3) is 11.8 Å². The van der Waals surface area contributed by atoms with E-state index in [0.717, 1.165) is 31.2 Å². The van der Waals surface area contributed by atoms with Crippen LogP contribution in [0, 0.1) is 6.92 Å². The summed E-state index contributed by atoms with van der Waals surface area (Å²) in [6.07, 6.45) is 5.51. The van der Waals surface area contributed by atoms with Gasteiger partial charge in [0.15, 0.2) is 5.69 Å². The zero-order chi connectivity index (χ0) is 18.7. The number of nitrogens with one attached hydrogen (secondary N) is 2. The molecule has 9 heteroatoms. The van der Waals surface area contributed by atoms with Crippen LogP contribution in [0.3, 0.4) is 0 Å². The molecule has 27 heavy (non-hydrogen) atoms. The summed E-state index contributed by atoms with van der Waals surface area (Å²) in [6, 6.07) is 5.63. The Hall–Kier alpha value is -2.45. The van der Waals surface area contributed by atoms with Crippen molar-refractivity contribution in [1.82, 2.24) is 20.3 Å². The predicted molar refractivity (Wildman–Crippen MR) is 105 cm³/mol. The maximum absolute atomic E-state index is 12.5. The van der Waals surface area contributed by atoms with Gasteiger partial charge in [-0.05, 0) is 56.4 Å². The van der Waals surface area contributed by atoms with Gasteiger partial charge in [-0.2, -0.15) is 0 Å². The van der Waals surface area contributed by atoms with E-state index in [0.29, 0.717) is 11.3 Å². The quantitative estimate of drug-likeness (QED) is 0.736. The van der Waals surface area contributed by atoms with Crippen molar-refractivity contribution in [1.29, 1.82) is 0 Å². The van der Waals surface area contributed by atoms with Crippen molar-refractivity contribution in [2.45, 2.75) is 44.7 Å². The molecule has 3 rings (SSSR count). The smallest absolute Gasteiger partial charge is 0.277 e. The number of hydrogen-bond acceptors (Lipinski definition) is 5. The molecule has 0 spiro atoms. The third-order valence-corrected chi connectivity index (χ3v) is 4.82. The van der Waals surface area contributed by atoms with Crippen LogP contribution < -0.4 is 16.4 Å². The van der Waals surface area contributed by atoms with Crippen LogP contribution in [0.2, 0.25) is 0 Å². The van der Waals surface area contributed by atoms with E-state index in [9.17, 15) is 9.59 Å². The Morgan fingerprint density at radius 2 is 1.89 bits per heavy atom. The maximum Gasteiger partial charge on any atom is 0.277 e. The monoisotopic (exact) mass is 392 g/mol. The first kappa shape index (κ1) is 20.9. The zero-order valence-corrected chi connectivity index (χ0v) is 16.3. The Labute approximate surface area is 164 Å². The Kier molecular flexibility index (Phi) is 6.92. The number of nitrogens with zero attached hydrogens (tertiary/aromatic N) is 3. The van der Waals surface area contributed by atoms with Gasteiger partial charge < -0.3 is 16.4 Å². The molecule has 1 aromatic carbocycles. The van der Waals surface area contributed by atoms with Gasteiger partial charge in [0, 0.05) is 24.3 Å². The second kappa shape index (κ2) is 8.96. The van der Waals surface area contributed by atoms with Crippen molar-refractivity contribution in [2.24, 2.45) is 5.73 Å². The molecule has 0 unspecified atom stereocenters. The van der Waals surface area contributed by atoms with Gasteiger partial charge >= 0.3 is 0 Å². The fourth-order valence-electron chi connectivity index (χ4n) is 3.20. The molecular weight excluding hydrogens is 368 g/mol. The van der Waals surface area contributed by atoms with Crippen LogP contribution >= 0.6 is 12.4 Å². The standard InChI is InChI=1S/C18H24N6O2.ClH/c1-11-9-12(17(25)20-2)3-8-15(11)21-18(26)16-10-24(23-22-16)14-6-4-13(19)5-7-14;/h3,8-10,13-14H,4-7,19H2,1-2H3,(H,20,25)(H,21,26);1H. The highest BCUT2D eigenvalue weighted by Crippen LogP contribution is 2.27. The average molecular weight is 393 g/mol. The topological polar surface area (TPSA) is 115 Å². The fourth-order valence-corrected chi connectivity index (χ4v) is 3.20. The predicted octanol–water partition coefficient (Wildman–Crippen LogP) is 2.06. The molecule has 1 aromatic heterocycles. The lowest BCUT2D eigenvalue weighted by molar-refractivity contribution is 0.0962. The van der Waals surface area contributed by atoms with Crippen LogP contribution in [0.25, 0.3) is 0 Å². The summed E-state index contributed by atoms with van der Waals surface area (Å²) in [6.45, 7) is 1.84. The van der Waals surface area contributed by atoms with Crippen LogP contribution in [0.1, 0.15) is 58.1 Å². The summed E-state index contributed by atoms with van der Waals surface area (Å²) in [5, 5.41) is 13.5. The Morgan fingerprint density at radius 3 is 2.52 bits per heavy atom. The normalized spacial score (nSPS) is 19.1. The molecule has 2 aromatic rings. The molecule has 1 aliphatic carbocycles. The lowest BCUT2D eigenvalue weighted by Crippen LogP contribution is -2.28. The number of aryl methyl sites for hydroxylation is 1. The third-order valence-electron chi connectivity index (χ3n) is 4.82. The van der Waals surface area contributed by atoms with E-state index < -0.39 is 0 Å². The van der Waals surface area contributed by atoms with Crippen LogP contribution in [0.15, 0.2) is 24.4 Å². The Morgan fingerprint density at radius 1 is 1.19 bits per heavy atom. The van der Waals surface area contributed by atoms with Crippen molar-refractivity contribution in [2.75, 3.05) is 12.4 Å². The minimum atomic E-state index is -0.320. The molecule has 2 amide bonds. The van der Waals surface area contributed by atoms with Crippen molar-refractivity contribution in [3.05, 3.63) is 41.2 Å². The number of rotatable bonds is 4. The van der Waals surface area contributed by atoms with Crippen LogP contribution in [0.4, 0.5) is 5.69 Å². The SMILES string of the molecule is CNC(=O)c1ccc(NC(=O)c2cn(C3CCC(N)CC3)nn2)c(C)c1.Cl. The number of carbonyl (C=O) groups is 2. The number of amides is 2. The summed E-state index contributed by atoms with van der Waals surface area (Å²) in [7, 11) is 1.58. The molecule has 0 saturated heterocycles. The minimum Gasteiger partial charge on any atom is -0.355 e. The molecule has 146 valence electrons. The summed E-state index contributed by atoms with van der Waals surface area (Å²) in [5.74, 6) is -0.485. The van der Waals surface area contributed by atoms with E-state index >= 15 is 0 Å². The number of aromatic nitrogens is 3. The molecule has 1 fully saturated rings. The lowest BCUT2D eigenvalue weighted by atomic mass is 9.92. The van der Waals surface area contributed by atoms with Crippen molar-refractivity contribution in [3.63, 3.8) is 0 Å². The van der Waals surface area contributed by atoms with Gasteiger partial charge in [-0.1, -0.05) is 5.21 Å². The second-order valence-corrected chi connectivity index (χ2v) is 6.72. The summed E-state index contributed by atoms with van der Waals surface area (Å²) in [5.41, 5.74) is 8.19. The van der Waals surface area contributed by atoms with E-state index in [2.05, 4.69) is 20.9 Å². The number of hydrogen-bond donors (Lipinski definition) is 3. The second-order valence-electron chi connectivity index (χ2n) is 6.72. The number of carbonyl (C=O) groups excluding carboxylic acids is 2. The van der Waals surface area contributed by atoms with Gasteiger partial charge in [0.1, 0.15) is 0 Å². The first-order valence-electron chi connectivity index (χ1n) is 8.79. The first-order chi connectivity index (χ1) is 12.5. The average Bonchev–Trinajstić information content (AvgIpc) is 3.13. The van der Waals surface area contributed by atoms with E-state index in [4.69, 9.17) is 5.73 Å². The van der Waals surface area contributed by atoms with E-state index in [1.807, 2.05) is 6.92 Å². The fraction of sp³-hybridized carbons (Fsp3) is 0.444. The molecule has 4 N–H and O–H groups in total. The van der Waals surface area contributed by atoms with E-state index in [-0.39, 0.29) is 42.0 Å². The largest absolute Gasteiger partial charge is 0.355 e. The minimum absolute atomic E-state index is 0. The summed E-state index contributed by atoms with van der Waals surface area (Å²) in [4.78, 5) is 24.1. The van der Waals surface area contributed by atoms with Crippen LogP contribution in [-0.2, 0) is 0 Å². The highest BCUT2D eigenvalue weighted by atomic mass is 35.5. The highest BCUT2D eigenvalue weighted by Gasteiger charge is 2.22. The summed E-state index contributed by atoms with van der Waals surface area (Å²) < 4.78 is 1.77. The molecule has 0 bridgehead atoms. The third kappa shape index (κ3) is 4.84. The maximum atomic E-state index is 12.5.